The number of para-hydroxylation sites is 1. The molecule has 0 amide bonds. The van der Waals surface area contributed by atoms with E-state index in [0.29, 0.717) is 13.2 Å². The molecule has 0 spiro atoms. The van der Waals surface area contributed by atoms with Gasteiger partial charge in [0, 0.05) is 18.0 Å². The van der Waals surface area contributed by atoms with E-state index >= 15 is 0 Å². The fraction of sp³-hybridized carbons (Fsp3) is 0.174. The van der Waals surface area contributed by atoms with Crippen molar-refractivity contribution in [1.82, 2.24) is 4.98 Å². The Balaban J connectivity index is 1.64. The SMILES string of the molecule is CCc1ccccc1OCc1cc(Br)c2occc2c1OCc1ccncc1. The second-order valence-corrected chi connectivity index (χ2v) is 7.26. The van der Waals surface area contributed by atoms with E-state index in [1.54, 1.807) is 18.7 Å². The number of pyridine rings is 1. The minimum atomic E-state index is 0.405. The molecule has 0 unspecified atom stereocenters. The number of fused-ring (bicyclic) bond motifs is 1. The number of ether oxygens (including phenoxy) is 2. The van der Waals surface area contributed by atoms with Gasteiger partial charge in [-0.1, -0.05) is 25.1 Å². The van der Waals surface area contributed by atoms with Gasteiger partial charge in [-0.2, -0.15) is 0 Å². The normalized spacial score (nSPS) is 10.9. The number of aryl methyl sites for hydroxylation is 1. The highest BCUT2D eigenvalue weighted by atomic mass is 79.9. The van der Waals surface area contributed by atoms with E-state index in [1.165, 1.54) is 5.56 Å². The highest BCUT2D eigenvalue weighted by molar-refractivity contribution is 9.10. The summed E-state index contributed by atoms with van der Waals surface area (Å²) in [6, 6.07) is 15.9. The molecule has 4 nitrogen and oxygen atoms in total. The minimum Gasteiger partial charge on any atom is -0.488 e. The highest BCUT2D eigenvalue weighted by Gasteiger charge is 2.16. The molecule has 2 aromatic carbocycles. The molecule has 28 heavy (non-hydrogen) atoms. The summed E-state index contributed by atoms with van der Waals surface area (Å²) in [5.74, 6) is 1.67. The van der Waals surface area contributed by atoms with Crippen molar-refractivity contribution in [1.29, 1.82) is 0 Å². The van der Waals surface area contributed by atoms with Gasteiger partial charge in [0.1, 0.15) is 24.7 Å². The maximum atomic E-state index is 6.21. The Kier molecular flexibility index (Phi) is 5.63. The number of hydrogen-bond donors (Lipinski definition) is 0. The van der Waals surface area contributed by atoms with Crippen LogP contribution in [-0.2, 0) is 19.6 Å². The van der Waals surface area contributed by atoms with Crippen LogP contribution >= 0.6 is 15.9 Å². The van der Waals surface area contributed by atoms with Crippen LogP contribution in [0.2, 0.25) is 0 Å². The number of nitrogens with zero attached hydrogens (tertiary/aromatic N) is 1. The lowest BCUT2D eigenvalue weighted by atomic mass is 10.1. The number of halogens is 1. The molecule has 0 aliphatic rings. The van der Waals surface area contributed by atoms with E-state index in [1.807, 2.05) is 42.5 Å². The predicted molar refractivity (Wildman–Crippen MR) is 113 cm³/mol. The lowest BCUT2D eigenvalue weighted by molar-refractivity contribution is 0.274. The average molecular weight is 438 g/mol. The average Bonchev–Trinajstić information content (AvgIpc) is 3.23. The third kappa shape index (κ3) is 3.90. The first-order valence-corrected chi connectivity index (χ1v) is 9.96. The van der Waals surface area contributed by atoms with Crippen LogP contribution in [0.4, 0.5) is 0 Å². The van der Waals surface area contributed by atoms with Gasteiger partial charge in [-0.15, -0.1) is 0 Å². The molecule has 2 heterocycles. The fourth-order valence-corrected chi connectivity index (χ4v) is 3.72. The topological polar surface area (TPSA) is 44.5 Å². The first kappa shape index (κ1) is 18.6. The van der Waals surface area contributed by atoms with Gasteiger partial charge in [0.25, 0.3) is 0 Å². The molecule has 5 heteroatoms. The molecule has 0 bridgehead atoms. The van der Waals surface area contributed by atoms with Crippen LogP contribution in [0.25, 0.3) is 11.0 Å². The maximum Gasteiger partial charge on any atom is 0.151 e. The van der Waals surface area contributed by atoms with Crippen molar-refractivity contribution in [2.75, 3.05) is 0 Å². The first-order valence-electron chi connectivity index (χ1n) is 9.17. The summed E-state index contributed by atoms with van der Waals surface area (Å²) >= 11 is 3.60. The lowest BCUT2D eigenvalue weighted by Gasteiger charge is -2.15. The van der Waals surface area contributed by atoms with Crippen LogP contribution in [0.5, 0.6) is 11.5 Å². The molecule has 0 fully saturated rings. The van der Waals surface area contributed by atoms with Crippen molar-refractivity contribution >= 4 is 26.9 Å². The van der Waals surface area contributed by atoms with Gasteiger partial charge >= 0.3 is 0 Å². The Morgan fingerprint density at radius 1 is 0.964 bits per heavy atom. The molecule has 4 aromatic rings. The maximum absolute atomic E-state index is 6.21. The highest BCUT2D eigenvalue weighted by Crippen LogP contribution is 2.37. The summed E-state index contributed by atoms with van der Waals surface area (Å²) in [7, 11) is 0. The molecule has 0 N–H and O–H groups in total. The molecule has 142 valence electrons. The summed E-state index contributed by atoms with van der Waals surface area (Å²) in [6.07, 6.45) is 6.12. The van der Waals surface area contributed by atoms with E-state index in [0.717, 1.165) is 44.5 Å². The molecular weight excluding hydrogens is 418 g/mol. The molecule has 0 saturated heterocycles. The minimum absolute atomic E-state index is 0.405. The van der Waals surface area contributed by atoms with Crippen molar-refractivity contribution in [2.45, 2.75) is 26.6 Å². The van der Waals surface area contributed by atoms with Gasteiger partial charge in [0.15, 0.2) is 5.58 Å². The molecule has 0 aliphatic carbocycles. The zero-order valence-electron chi connectivity index (χ0n) is 15.5. The molecule has 0 radical (unpaired) electrons. The van der Waals surface area contributed by atoms with Gasteiger partial charge < -0.3 is 13.9 Å². The number of hydrogen-bond acceptors (Lipinski definition) is 4. The standard InChI is InChI=1S/C23H20BrNO3/c1-2-17-5-3-4-6-21(17)27-15-18-13-20(24)23-19(9-12-26-23)22(18)28-14-16-7-10-25-11-8-16/h3-13H,2,14-15H2,1H3. The van der Waals surface area contributed by atoms with Crippen LogP contribution in [0.1, 0.15) is 23.6 Å². The van der Waals surface area contributed by atoms with E-state index < -0.39 is 0 Å². The summed E-state index contributed by atoms with van der Waals surface area (Å²) in [6.45, 7) is 2.98. The van der Waals surface area contributed by atoms with Gasteiger partial charge in [0.05, 0.1) is 16.1 Å². The third-order valence-electron chi connectivity index (χ3n) is 4.59. The Morgan fingerprint density at radius 3 is 2.61 bits per heavy atom. The van der Waals surface area contributed by atoms with Crippen LogP contribution < -0.4 is 9.47 Å². The van der Waals surface area contributed by atoms with Crippen molar-refractivity contribution < 1.29 is 13.9 Å². The first-order chi connectivity index (χ1) is 13.8. The number of furan rings is 1. The number of rotatable bonds is 7. The van der Waals surface area contributed by atoms with Gasteiger partial charge in [-0.05, 0) is 63.8 Å². The molecule has 0 aliphatic heterocycles. The van der Waals surface area contributed by atoms with Crippen LogP contribution in [0.15, 0.2) is 76.1 Å². The largest absolute Gasteiger partial charge is 0.488 e. The molecule has 4 rings (SSSR count). The van der Waals surface area contributed by atoms with Crippen molar-refractivity contribution in [3.05, 3.63) is 88.4 Å². The Hall–Kier alpha value is -2.79. The Morgan fingerprint density at radius 2 is 1.79 bits per heavy atom. The van der Waals surface area contributed by atoms with Crippen molar-refractivity contribution in [3.8, 4) is 11.5 Å². The fourth-order valence-electron chi connectivity index (χ4n) is 3.13. The van der Waals surface area contributed by atoms with Gasteiger partial charge in [-0.25, -0.2) is 0 Å². The van der Waals surface area contributed by atoms with E-state index in [-0.39, 0.29) is 0 Å². The smallest absolute Gasteiger partial charge is 0.151 e. The monoisotopic (exact) mass is 437 g/mol. The zero-order chi connectivity index (χ0) is 19.3. The Labute approximate surface area is 172 Å². The van der Waals surface area contributed by atoms with Crippen LogP contribution in [-0.4, -0.2) is 4.98 Å². The van der Waals surface area contributed by atoms with Gasteiger partial charge in [-0.3, -0.25) is 4.98 Å². The second kappa shape index (κ2) is 8.48. The quantitative estimate of drug-likeness (QED) is 0.339. The van der Waals surface area contributed by atoms with Crippen LogP contribution in [0.3, 0.4) is 0 Å². The predicted octanol–water partition coefficient (Wildman–Crippen LogP) is 6.31. The Bertz CT molecular complexity index is 1080. The van der Waals surface area contributed by atoms with E-state index in [9.17, 15) is 0 Å². The third-order valence-corrected chi connectivity index (χ3v) is 5.18. The summed E-state index contributed by atoms with van der Waals surface area (Å²) < 4.78 is 18.9. The van der Waals surface area contributed by atoms with Crippen molar-refractivity contribution in [3.63, 3.8) is 0 Å². The number of aromatic nitrogens is 1. The molecule has 0 saturated carbocycles. The second-order valence-electron chi connectivity index (χ2n) is 6.40. The summed E-state index contributed by atoms with van der Waals surface area (Å²) in [4.78, 5) is 4.05. The number of benzene rings is 2. The lowest BCUT2D eigenvalue weighted by Crippen LogP contribution is -2.03. The molecule has 2 aromatic heterocycles. The van der Waals surface area contributed by atoms with Crippen molar-refractivity contribution in [2.24, 2.45) is 0 Å². The van der Waals surface area contributed by atoms with E-state index in [2.05, 4.69) is 33.9 Å². The summed E-state index contributed by atoms with van der Waals surface area (Å²) in [5.41, 5.74) is 3.96. The van der Waals surface area contributed by atoms with Gasteiger partial charge in [0.2, 0.25) is 0 Å². The zero-order valence-corrected chi connectivity index (χ0v) is 17.1. The van der Waals surface area contributed by atoms with Crippen LogP contribution in [0, 0.1) is 0 Å². The molecule has 0 atom stereocenters. The van der Waals surface area contributed by atoms with E-state index in [4.69, 9.17) is 13.9 Å². The summed E-state index contributed by atoms with van der Waals surface area (Å²) in [5, 5.41) is 0.922. The molecular formula is C23H20BrNO3.